The van der Waals surface area contributed by atoms with Gasteiger partial charge in [0.15, 0.2) is 11.8 Å². The van der Waals surface area contributed by atoms with Gasteiger partial charge in [0.25, 0.3) is 0 Å². The third-order valence-corrected chi connectivity index (χ3v) is 6.30. The SMILES string of the molecule is Cc1cccc(C(C)C)c1[N+]1=CC2(CCc3ccccc32)CC1(C)C. The Hall–Kier alpha value is -1.89. The van der Waals surface area contributed by atoms with Gasteiger partial charge in [0, 0.05) is 31.4 Å². The zero-order valence-electron chi connectivity index (χ0n) is 16.3. The zero-order valence-corrected chi connectivity index (χ0v) is 16.3. The minimum Gasteiger partial charge on any atom is -0.196 e. The quantitative estimate of drug-likeness (QED) is 0.602. The van der Waals surface area contributed by atoms with Crippen LogP contribution in [0.1, 0.15) is 68.7 Å². The number of rotatable bonds is 2. The molecule has 0 N–H and O–H groups in total. The van der Waals surface area contributed by atoms with E-state index < -0.39 is 0 Å². The van der Waals surface area contributed by atoms with Gasteiger partial charge in [-0.2, -0.15) is 4.58 Å². The number of fused-ring (bicyclic) bond motifs is 2. The second-order valence-corrected chi connectivity index (χ2v) is 8.97. The Kier molecular flexibility index (Phi) is 3.68. The normalized spacial score (nSPS) is 24.0. The van der Waals surface area contributed by atoms with Crippen LogP contribution in [0.25, 0.3) is 0 Å². The van der Waals surface area contributed by atoms with Crippen LogP contribution in [-0.2, 0) is 11.8 Å². The van der Waals surface area contributed by atoms with Crippen molar-refractivity contribution in [2.24, 2.45) is 0 Å². The summed E-state index contributed by atoms with van der Waals surface area (Å²) in [7, 11) is 0. The van der Waals surface area contributed by atoms with E-state index in [-0.39, 0.29) is 11.0 Å². The summed E-state index contributed by atoms with van der Waals surface area (Å²) in [6.45, 7) is 11.7. The van der Waals surface area contributed by atoms with Gasteiger partial charge >= 0.3 is 0 Å². The smallest absolute Gasteiger partial charge is 0.196 e. The average molecular weight is 333 g/mol. The second-order valence-electron chi connectivity index (χ2n) is 8.97. The van der Waals surface area contributed by atoms with Crippen molar-refractivity contribution in [1.82, 2.24) is 0 Å². The molecule has 1 heteroatoms. The number of para-hydroxylation sites is 1. The molecule has 2 aromatic carbocycles. The molecule has 1 nitrogen and oxygen atoms in total. The van der Waals surface area contributed by atoms with E-state index >= 15 is 0 Å². The van der Waals surface area contributed by atoms with Crippen LogP contribution in [0.2, 0.25) is 0 Å². The highest BCUT2D eigenvalue weighted by Gasteiger charge is 2.54. The molecule has 1 atom stereocenters. The van der Waals surface area contributed by atoms with Gasteiger partial charge in [-0.05, 0) is 36.8 Å². The summed E-state index contributed by atoms with van der Waals surface area (Å²) in [5, 5.41) is 0. The van der Waals surface area contributed by atoms with Crippen molar-refractivity contribution in [2.45, 2.75) is 70.8 Å². The highest BCUT2D eigenvalue weighted by Crippen LogP contribution is 2.49. The second kappa shape index (κ2) is 5.56. The Bertz CT molecular complexity index is 856. The van der Waals surface area contributed by atoms with Gasteiger partial charge < -0.3 is 0 Å². The van der Waals surface area contributed by atoms with E-state index in [0.717, 1.165) is 0 Å². The summed E-state index contributed by atoms with van der Waals surface area (Å²) >= 11 is 0. The van der Waals surface area contributed by atoms with E-state index in [1.807, 2.05) is 0 Å². The van der Waals surface area contributed by atoms with Crippen molar-refractivity contribution in [2.75, 3.05) is 0 Å². The van der Waals surface area contributed by atoms with Crippen molar-refractivity contribution < 1.29 is 4.58 Å². The predicted octanol–water partition coefficient (Wildman–Crippen LogP) is 5.90. The monoisotopic (exact) mass is 332 g/mol. The maximum atomic E-state index is 2.61. The lowest BCUT2D eigenvalue weighted by Crippen LogP contribution is -2.31. The van der Waals surface area contributed by atoms with Crippen molar-refractivity contribution >= 4 is 11.9 Å². The van der Waals surface area contributed by atoms with E-state index in [1.165, 1.54) is 36.1 Å². The maximum Gasteiger partial charge on any atom is 0.211 e. The molecule has 1 aliphatic heterocycles. The van der Waals surface area contributed by atoms with Gasteiger partial charge in [0.1, 0.15) is 0 Å². The maximum absolute atomic E-state index is 2.61. The van der Waals surface area contributed by atoms with E-state index in [1.54, 1.807) is 11.1 Å². The molecule has 1 spiro atoms. The van der Waals surface area contributed by atoms with E-state index in [9.17, 15) is 0 Å². The lowest BCUT2D eigenvalue weighted by molar-refractivity contribution is -0.512. The predicted molar refractivity (Wildman–Crippen MR) is 106 cm³/mol. The van der Waals surface area contributed by atoms with Crippen molar-refractivity contribution in [1.29, 1.82) is 0 Å². The fourth-order valence-corrected chi connectivity index (χ4v) is 5.20. The fraction of sp³-hybridized carbons (Fsp3) is 0.458. The van der Waals surface area contributed by atoms with Gasteiger partial charge in [-0.25, -0.2) is 0 Å². The third-order valence-electron chi connectivity index (χ3n) is 6.30. The molecule has 1 aliphatic carbocycles. The van der Waals surface area contributed by atoms with Crippen LogP contribution in [0, 0.1) is 6.92 Å². The lowest BCUT2D eigenvalue weighted by atomic mass is 9.77. The van der Waals surface area contributed by atoms with Crippen molar-refractivity contribution in [3.63, 3.8) is 0 Å². The first-order valence-corrected chi connectivity index (χ1v) is 9.67. The molecule has 25 heavy (non-hydrogen) atoms. The molecule has 0 fully saturated rings. The van der Waals surface area contributed by atoms with Gasteiger partial charge in [-0.15, -0.1) is 0 Å². The molecular weight excluding hydrogens is 302 g/mol. The number of hydrogen-bond donors (Lipinski definition) is 0. The summed E-state index contributed by atoms with van der Waals surface area (Å²) in [5.41, 5.74) is 7.73. The van der Waals surface area contributed by atoms with Gasteiger partial charge in [0.05, 0.1) is 5.41 Å². The van der Waals surface area contributed by atoms with E-state index in [2.05, 4.69) is 87.9 Å². The van der Waals surface area contributed by atoms with Gasteiger partial charge in [-0.3, -0.25) is 0 Å². The molecule has 0 amide bonds. The Balaban J connectivity index is 1.92. The van der Waals surface area contributed by atoms with E-state index in [4.69, 9.17) is 0 Å². The van der Waals surface area contributed by atoms with Crippen LogP contribution in [0.15, 0.2) is 42.5 Å². The minimum atomic E-state index is 0.132. The first kappa shape index (κ1) is 16.6. The van der Waals surface area contributed by atoms with Crippen LogP contribution in [0.3, 0.4) is 0 Å². The van der Waals surface area contributed by atoms with Crippen molar-refractivity contribution in [3.05, 3.63) is 64.7 Å². The van der Waals surface area contributed by atoms with Crippen LogP contribution in [0.4, 0.5) is 5.69 Å². The van der Waals surface area contributed by atoms with Crippen LogP contribution in [0.5, 0.6) is 0 Å². The zero-order chi connectivity index (χ0) is 17.8. The van der Waals surface area contributed by atoms with Crippen LogP contribution < -0.4 is 0 Å². The molecular formula is C24H30N+. The fourth-order valence-electron chi connectivity index (χ4n) is 5.20. The molecule has 0 aromatic heterocycles. The molecule has 130 valence electrons. The Morgan fingerprint density at radius 3 is 2.52 bits per heavy atom. The molecule has 0 radical (unpaired) electrons. The number of nitrogens with zero attached hydrogens (tertiary/aromatic N) is 1. The third kappa shape index (κ3) is 2.47. The number of benzene rings is 2. The Morgan fingerprint density at radius 2 is 1.76 bits per heavy atom. The molecule has 0 saturated carbocycles. The lowest BCUT2D eigenvalue weighted by Gasteiger charge is -2.23. The highest BCUT2D eigenvalue weighted by molar-refractivity contribution is 5.76. The Morgan fingerprint density at radius 1 is 1.00 bits per heavy atom. The minimum absolute atomic E-state index is 0.132. The molecule has 0 saturated heterocycles. The molecule has 4 rings (SSSR count). The summed E-state index contributed by atoms with van der Waals surface area (Å²) < 4.78 is 2.61. The van der Waals surface area contributed by atoms with Gasteiger partial charge in [0.2, 0.25) is 5.69 Å². The number of hydrogen-bond acceptors (Lipinski definition) is 0. The molecule has 1 heterocycles. The average Bonchev–Trinajstić information content (AvgIpc) is 3.04. The summed E-state index contributed by atoms with van der Waals surface area (Å²) in [6, 6.07) is 15.9. The van der Waals surface area contributed by atoms with Crippen LogP contribution >= 0.6 is 0 Å². The van der Waals surface area contributed by atoms with Gasteiger partial charge in [-0.1, -0.05) is 56.3 Å². The highest BCUT2D eigenvalue weighted by atomic mass is 15.1. The molecule has 1 unspecified atom stereocenters. The van der Waals surface area contributed by atoms with Crippen LogP contribution in [-0.4, -0.2) is 16.3 Å². The van der Waals surface area contributed by atoms with Crippen molar-refractivity contribution in [3.8, 4) is 0 Å². The summed E-state index contributed by atoms with van der Waals surface area (Å²) in [4.78, 5) is 0. The summed E-state index contributed by atoms with van der Waals surface area (Å²) in [5.74, 6) is 0.534. The van der Waals surface area contributed by atoms with E-state index in [0.29, 0.717) is 5.92 Å². The topological polar surface area (TPSA) is 3.01 Å². The molecule has 2 aromatic rings. The summed E-state index contributed by atoms with van der Waals surface area (Å²) in [6.07, 6.45) is 6.23. The number of aryl methyl sites for hydroxylation is 2. The standard InChI is InChI=1S/C24H30N/c1-17(2)20-11-8-9-18(3)22(20)25-16-24(15-23(25,4)5)14-13-19-10-6-7-12-21(19)24/h6-12,16-17H,13-15H2,1-5H3/q+1. The molecule has 0 bridgehead atoms. The largest absolute Gasteiger partial charge is 0.211 e. The Labute approximate surface area is 152 Å². The first-order valence-electron chi connectivity index (χ1n) is 9.67. The molecule has 2 aliphatic rings. The first-order chi connectivity index (χ1) is 11.8.